The molecule has 2 heterocycles. The van der Waals surface area contributed by atoms with Crippen LogP contribution in [0.2, 0.25) is 0 Å². The topological polar surface area (TPSA) is 39.2 Å². The third-order valence-corrected chi connectivity index (χ3v) is 8.00. The Morgan fingerprint density at radius 3 is 2.13 bits per heavy atom. The van der Waals surface area contributed by atoms with Gasteiger partial charge in [0.1, 0.15) is 0 Å². The van der Waals surface area contributed by atoms with Gasteiger partial charge in [-0.2, -0.15) is 0 Å². The van der Waals surface area contributed by atoms with Crippen LogP contribution in [-0.4, -0.2) is 97.5 Å². The third-order valence-electron chi connectivity index (χ3n) is 8.00. The minimum absolute atomic E-state index is 0.338. The molecule has 1 N–H and O–H groups in total. The molecule has 3 fully saturated rings. The molecule has 30 heavy (non-hydrogen) atoms. The van der Waals surface area contributed by atoms with Crippen molar-refractivity contribution in [2.24, 2.45) is 17.8 Å². The molecule has 0 aromatic heterocycles. The summed E-state index contributed by atoms with van der Waals surface area (Å²) in [4.78, 5) is 7.67. The van der Waals surface area contributed by atoms with Gasteiger partial charge in [0.15, 0.2) is 0 Å². The van der Waals surface area contributed by atoms with Crippen LogP contribution < -0.4 is 0 Å². The maximum Gasteiger partial charge on any atom is 0.0900 e. The lowest BCUT2D eigenvalue weighted by Crippen LogP contribution is -2.51. The van der Waals surface area contributed by atoms with E-state index in [0.29, 0.717) is 24.5 Å². The van der Waals surface area contributed by atoms with Crippen LogP contribution in [0.15, 0.2) is 0 Å². The minimum Gasteiger partial charge on any atom is -0.389 e. The summed E-state index contributed by atoms with van der Waals surface area (Å²) in [5.41, 5.74) is 0. The molecule has 4 atom stereocenters. The fourth-order valence-electron chi connectivity index (χ4n) is 5.81. The van der Waals surface area contributed by atoms with Gasteiger partial charge >= 0.3 is 0 Å². The molecule has 3 aliphatic rings. The van der Waals surface area contributed by atoms with Gasteiger partial charge < -0.3 is 14.7 Å². The zero-order chi connectivity index (χ0) is 21.3. The number of nitrogens with zero attached hydrogens (tertiary/aromatic N) is 3. The lowest BCUT2D eigenvalue weighted by Gasteiger charge is -2.39. The number of piperazine rings is 1. The molecular formula is C25H49N3O2. The summed E-state index contributed by atoms with van der Waals surface area (Å²) in [6.45, 7) is 17.7. The molecular weight excluding hydrogens is 374 g/mol. The van der Waals surface area contributed by atoms with E-state index in [4.69, 9.17) is 4.74 Å². The monoisotopic (exact) mass is 423 g/mol. The summed E-state index contributed by atoms with van der Waals surface area (Å²) in [6, 6.07) is 0. The van der Waals surface area contributed by atoms with Gasteiger partial charge in [-0.15, -0.1) is 0 Å². The SMILES string of the molecule is CCC1CCC(C(C)C)C(OCC(O)CN2CCN(CCN3CCCCC3)CC2)C1. The van der Waals surface area contributed by atoms with Gasteiger partial charge in [-0.3, -0.25) is 9.80 Å². The lowest BCUT2D eigenvalue weighted by atomic mass is 9.74. The van der Waals surface area contributed by atoms with Crippen molar-refractivity contribution in [3.63, 3.8) is 0 Å². The van der Waals surface area contributed by atoms with E-state index in [2.05, 4.69) is 35.5 Å². The molecule has 3 rings (SSSR count). The van der Waals surface area contributed by atoms with Crippen LogP contribution in [-0.2, 0) is 4.74 Å². The van der Waals surface area contributed by atoms with Gasteiger partial charge in [0.25, 0.3) is 0 Å². The van der Waals surface area contributed by atoms with Crippen molar-refractivity contribution in [2.75, 3.05) is 65.5 Å². The molecule has 1 saturated carbocycles. The van der Waals surface area contributed by atoms with Crippen molar-refractivity contribution < 1.29 is 9.84 Å². The number of ether oxygens (including phenoxy) is 1. The molecule has 1 aliphatic carbocycles. The zero-order valence-electron chi connectivity index (χ0n) is 20.1. The molecule has 2 saturated heterocycles. The third kappa shape index (κ3) is 7.74. The molecule has 0 bridgehead atoms. The van der Waals surface area contributed by atoms with Crippen molar-refractivity contribution in [2.45, 2.75) is 77.9 Å². The smallest absolute Gasteiger partial charge is 0.0900 e. The lowest BCUT2D eigenvalue weighted by molar-refractivity contribution is -0.0771. The predicted octanol–water partition coefficient (Wildman–Crippen LogP) is 3.32. The van der Waals surface area contributed by atoms with E-state index in [1.165, 1.54) is 71.1 Å². The second-order valence-corrected chi connectivity index (χ2v) is 10.6. The van der Waals surface area contributed by atoms with E-state index in [0.717, 1.165) is 38.6 Å². The van der Waals surface area contributed by atoms with E-state index < -0.39 is 0 Å². The van der Waals surface area contributed by atoms with E-state index in [1.54, 1.807) is 0 Å². The average molecular weight is 424 g/mol. The van der Waals surface area contributed by atoms with Gasteiger partial charge in [0.05, 0.1) is 18.8 Å². The van der Waals surface area contributed by atoms with Gasteiger partial charge in [-0.25, -0.2) is 0 Å². The van der Waals surface area contributed by atoms with Gasteiger partial charge in [-0.1, -0.05) is 33.6 Å². The number of aliphatic hydroxyl groups is 1. The molecule has 5 nitrogen and oxygen atoms in total. The van der Waals surface area contributed by atoms with Crippen LogP contribution in [0.4, 0.5) is 0 Å². The van der Waals surface area contributed by atoms with Gasteiger partial charge in [-0.05, 0) is 62.9 Å². The normalized spacial score (nSPS) is 31.3. The first kappa shape index (κ1) is 24.4. The Morgan fingerprint density at radius 2 is 1.50 bits per heavy atom. The number of piperidine rings is 1. The summed E-state index contributed by atoms with van der Waals surface area (Å²) in [6.07, 6.45) is 9.23. The Bertz CT molecular complexity index is 461. The Morgan fingerprint density at radius 1 is 0.867 bits per heavy atom. The van der Waals surface area contributed by atoms with Crippen LogP contribution in [0.1, 0.15) is 65.7 Å². The Hall–Kier alpha value is -0.200. The molecule has 176 valence electrons. The first-order valence-corrected chi connectivity index (χ1v) is 13.0. The van der Waals surface area contributed by atoms with Crippen molar-refractivity contribution in [1.29, 1.82) is 0 Å². The summed E-state index contributed by atoms with van der Waals surface area (Å²) >= 11 is 0. The maximum atomic E-state index is 10.6. The van der Waals surface area contributed by atoms with Crippen molar-refractivity contribution >= 4 is 0 Å². The Labute approximate surface area is 186 Å². The van der Waals surface area contributed by atoms with E-state index in [9.17, 15) is 5.11 Å². The largest absolute Gasteiger partial charge is 0.389 e. The van der Waals surface area contributed by atoms with E-state index in [1.807, 2.05) is 0 Å². The van der Waals surface area contributed by atoms with Crippen LogP contribution in [0, 0.1) is 17.8 Å². The Kier molecular flexibility index (Phi) is 10.4. The molecule has 0 amide bonds. The number of β-amino-alcohol motifs (C(OH)–C–C–N with tert-alkyl or cyclic N) is 1. The molecule has 0 aromatic rings. The van der Waals surface area contributed by atoms with E-state index in [-0.39, 0.29) is 6.10 Å². The van der Waals surface area contributed by atoms with E-state index >= 15 is 0 Å². The highest BCUT2D eigenvalue weighted by molar-refractivity contribution is 4.83. The number of likely N-dealkylation sites (tertiary alicyclic amines) is 1. The van der Waals surface area contributed by atoms with Crippen LogP contribution in [0.3, 0.4) is 0 Å². The van der Waals surface area contributed by atoms with Gasteiger partial charge in [0.2, 0.25) is 0 Å². The van der Waals surface area contributed by atoms with Crippen molar-refractivity contribution in [3.8, 4) is 0 Å². The second kappa shape index (κ2) is 12.7. The summed E-state index contributed by atoms with van der Waals surface area (Å²) in [5, 5.41) is 10.6. The summed E-state index contributed by atoms with van der Waals surface area (Å²) < 4.78 is 6.33. The fourth-order valence-corrected chi connectivity index (χ4v) is 5.81. The highest BCUT2D eigenvalue weighted by Gasteiger charge is 2.33. The average Bonchev–Trinajstić information content (AvgIpc) is 2.77. The quantitative estimate of drug-likeness (QED) is 0.584. The fraction of sp³-hybridized carbons (Fsp3) is 1.00. The summed E-state index contributed by atoms with van der Waals surface area (Å²) in [7, 11) is 0. The number of hydrogen-bond acceptors (Lipinski definition) is 5. The minimum atomic E-state index is -0.361. The highest BCUT2D eigenvalue weighted by Crippen LogP contribution is 2.36. The second-order valence-electron chi connectivity index (χ2n) is 10.6. The highest BCUT2D eigenvalue weighted by atomic mass is 16.5. The molecule has 0 radical (unpaired) electrons. The predicted molar refractivity (Wildman–Crippen MR) is 125 cm³/mol. The van der Waals surface area contributed by atoms with Crippen LogP contribution in [0.25, 0.3) is 0 Å². The van der Waals surface area contributed by atoms with Crippen LogP contribution in [0.5, 0.6) is 0 Å². The molecule has 5 heteroatoms. The van der Waals surface area contributed by atoms with Crippen molar-refractivity contribution in [3.05, 3.63) is 0 Å². The first-order chi connectivity index (χ1) is 14.5. The maximum absolute atomic E-state index is 10.6. The van der Waals surface area contributed by atoms with Crippen molar-refractivity contribution in [1.82, 2.24) is 14.7 Å². The summed E-state index contributed by atoms with van der Waals surface area (Å²) in [5.74, 6) is 2.13. The molecule has 0 spiro atoms. The molecule has 0 aromatic carbocycles. The number of aliphatic hydroxyl groups excluding tert-OH is 1. The Balaban J connectivity index is 1.31. The molecule has 2 aliphatic heterocycles. The molecule has 4 unspecified atom stereocenters. The zero-order valence-corrected chi connectivity index (χ0v) is 20.1. The van der Waals surface area contributed by atoms with Crippen LogP contribution >= 0.6 is 0 Å². The number of hydrogen-bond donors (Lipinski definition) is 1. The first-order valence-electron chi connectivity index (χ1n) is 13.0. The number of rotatable bonds is 10. The standard InChI is InChI=1S/C25H49N3O2/c1-4-22-8-9-24(21(2)3)25(18-22)30-20-23(29)19-28-16-14-27(15-17-28)13-12-26-10-6-5-7-11-26/h21-25,29H,4-20H2,1-3H3. The van der Waals surface area contributed by atoms with Gasteiger partial charge in [0, 0.05) is 45.8 Å².